The number of ether oxygens (including phenoxy) is 1. The maximum Gasteiger partial charge on any atom is 0.137 e. The highest BCUT2D eigenvalue weighted by Gasteiger charge is 2.16. The second-order valence-corrected chi connectivity index (χ2v) is 6.23. The van der Waals surface area contributed by atoms with Crippen LogP contribution in [0.1, 0.15) is 24.1 Å². The van der Waals surface area contributed by atoms with E-state index < -0.39 is 0 Å². The van der Waals surface area contributed by atoms with Crippen LogP contribution in [0.3, 0.4) is 0 Å². The van der Waals surface area contributed by atoms with Crippen LogP contribution in [0.25, 0.3) is 0 Å². The van der Waals surface area contributed by atoms with E-state index in [1.807, 2.05) is 36.4 Å². The van der Waals surface area contributed by atoms with E-state index in [9.17, 15) is 0 Å². The van der Waals surface area contributed by atoms with Gasteiger partial charge in [0.15, 0.2) is 0 Å². The van der Waals surface area contributed by atoms with E-state index in [0.29, 0.717) is 15.8 Å². The first kappa shape index (κ1) is 16.6. The Balaban J connectivity index is 2.44. The molecule has 112 valence electrons. The molecule has 1 atom stereocenters. The number of halogens is 3. The number of hydrogen-bond acceptors (Lipinski definition) is 2. The Labute approximate surface area is 143 Å². The topological polar surface area (TPSA) is 21.3 Å². The molecule has 0 spiro atoms. The Morgan fingerprint density at radius 3 is 2.38 bits per heavy atom. The minimum atomic E-state index is 0.0340. The molecule has 1 N–H and O–H groups in total. The third kappa shape index (κ3) is 3.92. The molecule has 0 aromatic heterocycles. The van der Waals surface area contributed by atoms with Gasteiger partial charge in [-0.1, -0.05) is 42.3 Å². The summed E-state index contributed by atoms with van der Waals surface area (Å²) in [5.41, 5.74) is 2.17. The van der Waals surface area contributed by atoms with Crippen LogP contribution in [0.15, 0.2) is 40.9 Å². The predicted octanol–water partition coefficient (Wildman–Crippen LogP) is 5.46. The number of rotatable bonds is 5. The molecule has 0 aliphatic carbocycles. The first-order valence-electron chi connectivity index (χ1n) is 6.58. The second kappa shape index (κ2) is 7.50. The smallest absolute Gasteiger partial charge is 0.137 e. The molecular formula is C16H16BrCl2NO. The Hall–Kier alpha value is -0.740. The summed E-state index contributed by atoms with van der Waals surface area (Å²) in [5, 5.41) is 4.75. The number of methoxy groups -OCH3 is 1. The van der Waals surface area contributed by atoms with Gasteiger partial charge in [0.1, 0.15) is 5.75 Å². The number of benzene rings is 2. The van der Waals surface area contributed by atoms with Crippen LogP contribution in [0.4, 0.5) is 0 Å². The van der Waals surface area contributed by atoms with Crippen LogP contribution in [-0.2, 0) is 0 Å². The molecule has 0 aliphatic heterocycles. The largest absolute Gasteiger partial charge is 0.495 e. The zero-order valence-electron chi connectivity index (χ0n) is 11.8. The van der Waals surface area contributed by atoms with Crippen molar-refractivity contribution in [2.45, 2.75) is 13.0 Å². The molecule has 2 nitrogen and oxygen atoms in total. The fraction of sp³-hybridized carbons (Fsp3) is 0.250. The molecule has 0 radical (unpaired) electrons. The van der Waals surface area contributed by atoms with Crippen molar-refractivity contribution in [1.29, 1.82) is 0 Å². The lowest BCUT2D eigenvalue weighted by atomic mass is 9.98. The fourth-order valence-electron chi connectivity index (χ4n) is 2.18. The minimum absolute atomic E-state index is 0.0340. The van der Waals surface area contributed by atoms with Crippen LogP contribution in [0.2, 0.25) is 10.0 Å². The Morgan fingerprint density at radius 2 is 1.76 bits per heavy atom. The van der Waals surface area contributed by atoms with E-state index in [-0.39, 0.29) is 6.04 Å². The van der Waals surface area contributed by atoms with Gasteiger partial charge in [0.25, 0.3) is 0 Å². The van der Waals surface area contributed by atoms with Gasteiger partial charge >= 0.3 is 0 Å². The van der Waals surface area contributed by atoms with Crippen molar-refractivity contribution < 1.29 is 4.74 Å². The molecule has 0 fully saturated rings. The first-order valence-corrected chi connectivity index (χ1v) is 8.13. The maximum absolute atomic E-state index is 6.21. The van der Waals surface area contributed by atoms with Crippen LogP contribution < -0.4 is 10.1 Å². The van der Waals surface area contributed by atoms with Gasteiger partial charge in [0, 0.05) is 4.47 Å². The van der Waals surface area contributed by atoms with Crippen molar-refractivity contribution in [2.75, 3.05) is 13.7 Å². The van der Waals surface area contributed by atoms with Gasteiger partial charge < -0.3 is 10.1 Å². The maximum atomic E-state index is 6.21. The van der Waals surface area contributed by atoms with Gasteiger partial charge in [-0.05, 0) is 57.9 Å². The summed E-state index contributed by atoms with van der Waals surface area (Å²) in [4.78, 5) is 0. The molecule has 0 saturated heterocycles. The van der Waals surface area contributed by atoms with Gasteiger partial charge in [-0.25, -0.2) is 0 Å². The van der Waals surface area contributed by atoms with Gasteiger partial charge in [-0.2, -0.15) is 0 Å². The predicted molar refractivity (Wildman–Crippen MR) is 92.7 cm³/mol. The van der Waals surface area contributed by atoms with Crippen LogP contribution in [0, 0.1) is 0 Å². The molecule has 0 heterocycles. The van der Waals surface area contributed by atoms with Crippen molar-refractivity contribution in [3.05, 3.63) is 62.0 Å². The first-order chi connectivity index (χ1) is 10.1. The van der Waals surface area contributed by atoms with Crippen molar-refractivity contribution in [2.24, 2.45) is 0 Å². The average molecular weight is 389 g/mol. The van der Waals surface area contributed by atoms with Crippen LogP contribution in [-0.4, -0.2) is 13.7 Å². The summed E-state index contributed by atoms with van der Waals surface area (Å²) < 4.78 is 6.19. The lowest BCUT2D eigenvalue weighted by Gasteiger charge is -2.20. The molecule has 2 aromatic rings. The highest BCUT2D eigenvalue weighted by atomic mass is 79.9. The van der Waals surface area contributed by atoms with Gasteiger partial charge in [0.05, 0.1) is 23.2 Å². The molecule has 5 heteroatoms. The van der Waals surface area contributed by atoms with E-state index in [0.717, 1.165) is 22.1 Å². The zero-order valence-corrected chi connectivity index (χ0v) is 14.9. The third-order valence-corrected chi connectivity index (χ3v) is 4.74. The van der Waals surface area contributed by atoms with Crippen molar-refractivity contribution >= 4 is 39.1 Å². The Morgan fingerprint density at radius 1 is 1.10 bits per heavy atom. The van der Waals surface area contributed by atoms with E-state index >= 15 is 0 Å². The third-order valence-electron chi connectivity index (χ3n) is 3.19. The molecular weight excluding hydrogens is 373 g/mol. The van der Waals surface area contributed by atoms with Crippen molar-refractivity contribution in [3.8, 4) is 5.75 Å². The number of hydrogen-bond donors (Lipinski definition) is 1. The fourth-order valence-corrected chi connectivity index (χ4v) is 2.81. The van der Waals surface area contributed by atoms with Crippen LogP contribution in [0.5, 0.6) is 5.75 Å². The summed E-state index contributed by atoms with van der Waals surface area (Å²) in [6.45, 7) is 2.91. The summed E-state index contributed by atoms with van der Waals surface area (Å²) >= 11 is 15.7. The molecule has 21 heavy (non-hydrogen) atoms. The normalized spacial score (nSPS) is 12.2. The van der Waals surface area contributed by atoms with Gasteiger partial charge in [0.2, 0.25) is 0 Å². The molecule has 0 aliphatic rings. The minimum Gasteiger partial charge on any atom is -0.495 e. The molecule has 1 unspecified atom stereocenters. The highest BCUT2D eigenvalue weighted by Crippen LogP contribution is 2.33. The van der Waals surface area contributed by atoms with Gasteiger partial charge in [-0.15, -0.1) is 0 Å². The van der Waals surface area contributed by atoms with E-state index in [1.54, 1.807) is 7.11 Å². The zero-order chi connectivity index (χ0) is 15.4. The summed E-state index contributed by atoms with van der Waals surface area (Å²) in [6, 6.07) is 11.8. The lowest BCUT2D eigenvalue weighted by molar-refractivity contribution is 0.414. The Kier molecular flexibility index (Phi) is 5.94. The second-order valence-electron chi connectivity index (χ2n) is 4.56. The van der Waals surface area contributed by atoms with E-state index in [1.165, 1.54) is 0 Å². The van der Waals surface area contributed by atoms with E-state index in [2.05, 4.69) is 28.2 Å². The lowest BCUT2D eigenvalue weighted by Crippen LogP contribution is -2.22. The summed E-state index contributed by atoms with van der Waals surface area (Å²) in [7, 11) is 1.61. The monoisotopic (exact) mass is 387 g/mol. The van der Waals surface area contributed by atoms with Gasteiger partial charge in [-0.3, -0.25) is 0 Å². The molecule has 0 saturated carbocycles. The average Bonchev–Trinajstić information content (AvgIpc) is 2.48. The number of nitrogens with one attached hydrogen (secondary N) is 1. The summed E-state index contributed by atoms with van der Waals surface area (Å²) in [6.07, 6.45) is 0. The van der Waals surface area contributed by atoms with E-state index in [4.69, 9.17) is 27.9 Å². The standard InChI is InChI=1S/C16H16BrCl2NO/c1-3-20-16(10-4-6-12(17)14(19)8-10)11-5-7-13(18)15(9-11)21-2/h4-9,16,20H,3H2,1-2H3. The Bertz CT molecular complexity index is 634. The van der Waals surface area contributed by atoms with Crippen molar-refractivity contribution in [3.63, 3.8) is 0 Å². The molecule has 0 bridgehead atoms. The highest BCUT2D eigenvalue weighted by molar-refractivity contribution is 9.10. The molecule has 0 amide bonds. The van der Waals surface area contributed by atoms with Crippen molar-refractivity contribution in [1.82, 2.24) is 5.32 Å². The summed E-state index contributed by atoms with van der Waals surface area (Å²) in [5.74, 6) is 0.667. The molecule has 2 aromatic carbocycles. The van der Waals surface area contributed by atoms with Crippen LogP contribution >= 0.6 is 39.1 Å². The SMILES string of the molecule is CCNC(c1ccc(Br)c(Cl)c1)c1ccc(Cl)c(OC)c1. The quantitative estimate of drug-likeness (QED) is 0.733. The molecule has 2 rings (SSSR count).